The predicted molar refractivity (Wildman–Crippen MR) is 376 cm³/mol. The van der Waals surface area contributed by atoms with Crippen LogP contribution in [0.25, 0.3) is 5.57 Å². The fourth-order valence-corrected chi connectivity index (χ4v) is 12.3. The van der Waals surface area contributed by atoms with Gasteiger partial charge in [-0.3, -0.25) is 0 Å². The number of hydrogen-bond acceptors (Lipinski definition) is 17. The van der Waals surface area contributed by atoms with Crippen molar-refractivity contribution >= 4 is 109 Å². The molecular weight excluding hydrogens is 1330 g/mol. The molecule has 3 amide bonds. The fourth-order valence-electron chi connectivity index (χ4n) is 9.45. The van der Waals surface area contributed by atoms with Gasteiger partial charge in [-0.1, -0.05) is 133 Å². The minimum absolute atomic E-state index is 0. The molecule has 0 saturated carbocycles. The van der Waals surface area contributed by atoms with E-state index in [4.69, 9.17) is 23.5 Å². The highest BCUT2D eigenvalue weighted by atomic mass is 79.9. The Labute approximate surface area is 564 Å². The van der Waals surface area contributed by atoms with Crippen LogP contribution in [0.3, 0.4) is 0 Å². The van der Waals surface area contributed by atoms with Crippen molar-refractivity contribution in [3.05, 3.63) is 191 Å². The maximum Gasteiger partial charge on any atom is 0.490 e. The Balaban J connectivity index is 0.000000301. The lowest BCUT2D eigenvalue weighted by atomic mass is 9.75. The average molecular weight is 1420 g/mol. The first-order valence-electron chi connectivity index (χ1n) is 28.3. The van der Waals surface area contributed by atoms with Crippen LogP contribution in [-0.4, -0.2) is 124 Å². The molecule has 0 atom stereocenters. The van der Waals surface area contributed by atoms with Crippen LogP contribution in [-0.2, 0) is 43.3 Å². The van der Waals surface area contributed by atoms with E-state index in [-0.39, 0.29) is 83.3 Å². The Morgan fingerprint density at radius 3 is 1.34 bits per heavy atom. The Morgan fingerprint density at radius 2 is 0.966 bits per heavy atom. The molecule has 484 valence electrons. The predicted octanol–water partition coefficient (Wildman–Crippen LogP) is 17.5. The zero-order valence-electron chi connectivity index (χ0n) is 48.5. The van der Waals surface area contributed by atoms with Gasteiger partial charge in [-0.25, -0.2) is 34.3 Å². The highest BCUT2D eigenvalue weighted by molar-refractivity contribution is 9.10. The molecule has 12 rings (SSSR count). The summed E-state index contributed by atoms with van der Waals surface area (Å²) >= 11 is 9.68. The molecule has 4 aromatic heterocycles. The van der Waals surface area contributed by atoms with Crippen LogP contribution in [0.5, 0.6) is 0 Å². The van der Waals surface area contributed by atoms with Gasteiger partial charge in [0.1, 0.15) is 24.4 Å². The van der Waals surface area contributed by atoms with E-state index in [9.17, 15) is 14.4 Å². The lowest BCUT2D eigenvalue weighted by Gasteiger charge is -2.32. The second-order valence-corrected chi connectivity index (χ2v) is 25.1. The SMILES string of the molecule is Br.Brc1cscn1.C.C.C.C.CC1(C)OB(C2=CCN(C(=O)OCc3ccccc3)CC2)OC1(C)C.O=C(OCc1ccccc1)N1CC=C(c2cscn2)CC1.O=C(OCc1ccccc1)N1CCC(c2cscn2)CC1.c1nc(C2CCNCC2)cs1. The van der Waals surface area contributed by atoms with Crippen LogP contribution < -0.4 is 5.32 Å². The van der Waals surface area contributed by atoms with Crippen molar-refractivity contribution in [2.45, 2.75) is 139 Å². The van der Waals surface area contributed by atoms with E-state index >= 15 is 0 Å². The summed E-state index contributed by atoms with van der Waals surface area (Å²) in [5.41, 5.74) is 15.5. The molecule has 0 aliphatic carbocycles. The Bertz CT molecular complexity index is 3070. The van der Waals surface area contributed by atoms with Crippen molar-refractivity contribution in [1.82, 2.24) is 40.0 Å². The first-order valence-corrected chi connectivity index (χ1v) is 32.9. The third kappa shape index (κ3) is 24.8. The molecule has 0 unspecified atom stereocenters. The van der Waals surface area contributed by atoms with Crippen molar-refractivity contribution < 1.29 is 37.9 Å². The van der Waals surface area contributed by atoms with E-state index in [0.717, 1.165) is 95.9 Å². The third-order valence-corrected chi connectivity index (χ3v) is 18.3. The number of amides is 3. The van der Waals surface area contributed by atoms with Crippen LogP contribution in [0, 0.1) is 0 Å². The van der Waals surface area contributed by atoms with Gasteiger partial charge in [0, 0.05) is 72.6 Å². The van der Waals surface area contributed by atoms with Crippen LogP contribution in [0.15, 0.2) is 157 Å². The van der Waals surface area contributed by atoms with Crippen LogP contribution in [0.2, 0.25) is 0 Å². The number of halogens is 2. The minimum atomic E-state index is -0.343. The Hall–Kier alpha value is -5.63. The number of carbonyl (C=O) groups is 3. The molecule has 3 aromatic carbocycles. The van der Waals surface area contributed by atoms with Gasteiger partial charge < -0.3 is 43.5 Å². The smallest absolute Gasteiger partial charge is 0.445 e. The Morgan fingerprint density at radius 1 is 0.551 bits per heavy atom. The van der Waals surface area contributed by atoms with E-state index in [1.807, 2.05) is 152 Å². The van der Waals surface area contributed by atoms with Gasteiger partial charge in [0.15, 0.2) is 0 Å². The van der Waals surface area contributed by atoms with E-state index < -0.39 is 0 Å². The molecule has 23 heteroatoms. The van der Waals surface area contributed by atoms with Crippen molar-refractivity contribution in [3.63, 3.8) is 0 Å². The summed E-state index contributed by atoms with van der Waals surface area (Å²) in [5, 5.41) is 11.6. The lowest BCUT2D eigenvalue weighted by molar-refractivity contribution is 0.00578. The second kappa shape index (κ2) is 40.3. The number of ether oxygens (including phenoxy) is 3. The molecule has 1 N–H and O–H groups in total. The summed E-state index contributed by atoms with van der Waals surface area (Å²) in [5.74, 6) is 1.21. The van der Waals surface area contributed by atoms with Crippen molar-refractivity contribution in [3.8, 4) is 0 Å². The van der Waals surface area contributed by atoms with E-state index in [1.54, 1.807) is 65.6 Å². The summed E-state index contributed by atoms with van der Waals surface area (Å²) in [6, 6.07) is 29.2. The number of rotatable bonds is 10. The first kappa shape index (κ1) is 77.6. The summed E-state index contributed by atoms with van der Waals surface area (Å²) in [6.45, 7) is 15.3. The minimum Gasteiger partial charge on any atom is -0.445 e. The average Bonchev–Trinajstić information content (AvgIpc) is 1.78. The molecule has 0 radical (unpaired) electrons. The van der Waals surface area contributed by atoms with Crippen molar-refractivity contribution in [1.29, 1.82) is 0 Å². The molecular formula is C66H91BBr2N8O8S4. The zero-order chi connectivity index (χ0) is 59.0. The number of nitrogens with zero attached hydrogens (tertiary/aromatic N) is 7. The molecule has 5 aliphatic heterocycles. The quantitative estimate of drug-likeness (QED) is 0.101. The van der Waals surface area contributed by atoms with E-state index in [1.165, 1.54) is 24.1 Å². The van der Waals surface area contributed by atoms with Gasteiger partial charge in [0.25, 0.3) is 0 Å². The summed E-state index contributed by atoms with van der Waals surface area (Å²) < 4.78 is 29.2. The number of carbonyl (C=O) groups excluding carboxylic acids is 3. The molecule has 3 saturated heterocycles. The molecule has 16 nitrogen and oxygen atoms in total. The number of nitrogens with one attached hydrogen (secondary N) is 1. The third-order valence-electron chi connectivity index (χ3n) is 15.1. The number of hydrogen-bond donors (Lipinski definition) is 1. The van der Waals surface area contributed by atoms with Crippen LogP contribution >= 0.6 is 78.3 Å². The highest BCUT2D eigenvalue weighted by Gasteiger charge is 2.52. The molecule has 3 fully saturated rings. The number of likely N-dealkylation sites (tertiary alicyclic amines) is 1. The molecule has 7 aromatic rings. The van der Waals surface area contributed by atoms with E-state index in [2.05, 4.69) is 58.0 Å². The zero-order valence-corrected chi connectivity index (χ0v) is 55.1. The summed E-state index contributed by atoms with van der Waals surface area (Å²) in [6.07, 6.45) is 9.32. The number of piperidine rings is 2. The Kier molecular flexibility index (Phi) is 35.1. The van der Waals surface area contributed by atoms with Gasteiger partial charge >= 0.3 is 25.4 Å². The highest BCUT2D eigenvalue weighted by Crippen LogP contribution is 2.39. The van der Waals surface area contributed by atoms with Gasteiger partial charge in [0.05, 0.1) is 50.3 Å². The van der Waals surface area contributed by atoms with E-state index in [0.29, 0.717) is 51.9 Å². The maximum absolute atomic E-state index is 12.2. The monoisotopic (exact) mass is 1420 g/mol. The normalized spacial score (nSPS) is 16.5. The molecule has 89 heavy (non-hydrogen) atoms. The van der Waals surface area contributed by atoms with Gasteiger partial charge in [-0.15, -0.1) is 62.3 Å². The topological polar surface area (TPSA) is 171 Å². The molecule has 0 bridgehead atoms. The van der Waals surface area contributed by atoms with Crippen LogP contribution in [0.4, 0.5) is 14.4 Å². The number of benzene rings is 3. The first-order chi connectivity index (χ1) is 40.8. The van der Waals surface area contributed by atoms with Crippen LogP contribution in [0.1, 0.15) is 142 Å². The fraction of sp³-hybridized carbons (Fsp3) is 0.439. The second-order valence-electron chi connectivity index (χ2n) is 21.4. The van der Waals surface area contributed by atoms with Gasteiger partial charge in [-0.05, 0) is 123 Å². The summed E-state index contributed by atoms with van der Waals surface area (Å²) in [4.78, 5) is 58.4. The maximum atomic E-state index is 12.2. The van der Waals surface area contributed by atoms with Crippen molar-refractivity contribution in [2.24, 2.45) is 0 Å². The van der Waals surface area contributed by atoms with Gasteiger partial charge in [-0.2, -0.15) is 0 Å². The standard InChI is InChI=1S/C19H26BNO4.C16H18N2O2S.C16H16N2O2S.C8H12N2S.C3H2BrNS.4CH4.BrH/c1-18(2)19(3,4)25-20(24-18)16-10-12-21(13-11-16)17(22)23-14-15-8-6-5-7-9-15;2*19-16(20-10-13-4-2-1-3-5-13)18-8-6-14(7-9-18)15-11-21-12-17-15;1-3-9-4-2-7(1)8-5-11-6-10-8;4-3-1-6-2-5-3;;;;;/h5-10H,11-14H2,1-4H3;1-5,11-12,14H,6-10H2;1-6,11-12H,7-10H2;5-7,9H,1-4H2;1-2H;4*1H4;1H. The molecule has 9 heterocycles. The number of thiazole rings is 4. The molecule has 5 aliphatic rings. The van der Waals surface area contributed by atoms with Gasteiger partial charge in [0.2, 0.25) is 0 Å². The lowest BCUT2D eigenvalue weighted by Crippen LogP contribution is -2.41. The number of aromatic nitrogens is 4. The summed E-state index contributed by atoms with van der Waals surface area (Å²) in [7, 11) is -0.326. The molecule has 0 spiro atoms. The largest absolute Gasteiger partial charge is 0.490 e. The van der Waals surface area contributed by atoms with Crippen molar-refractivity contribution in [2.75, 3.05) is 52.4 Å².